The van der Waals surface area contributed by atoms with Crippen molar-refractivity contribution in [1.82, 2.24) is 10.2 Å². The van der Waals surface area contributed by atoms with Gasteiger partial charge in [0.25, 0.3) is 5.91 Å². The van der Waals surface area contributed by atoms with Crippen molar-refractivity contribution >= 4 is 41.1 Å². The second kappa shape index (κ2) is 8.21. The van der Waals surface area contributed by atoms with E-state index in [0.717, 1.165) is 31.5 Å². The average Bonchev–Trinajstić information content (AvgIpc) is 3.38. The van der Waals surface area contributed by atoms with Gasteiger partial charge in [-0.05, 0) is 36.6 Å². The van der Waals surface area contributed by atoms with Gasteiger partial charge in [0.1, 0.15) is 0 Å². The van der Waals surface area contributed by atoms with Crippen molar-refractivity contribution in [3.63, 3.8) is 0 Å². The van der Waals surface area contributed by atoms with E-state index in [1.54, 1.807) is 30.4 Å². The van der Waals surface area contributed by atoms with Crippen LogP contribution in [-0.2, 0) is 9.59 Å². The monoisotopic (exact) mass is 382 g/mol. The summed E-state index contributed by atoms with van der Waals surface area (Å²) in [7, 11) is 0. The van der Waals surface area contributed by atoms with Crippen molar-refractivity contribution in [2.45, 2.75) is 18.9 Å². The summed E-state index contributed by atoms with van der Waals surface area (Å²) >= 11 is 12.0. The van der Waals surface area contributed by atoms with Crippen LogP contribution in [0.2, 0.25) is 10.0 Å². The number of benzene rings is 1. The largest absolute Gasteiger partial charge is 0.348 e. The summed E-state index contributed by atoms with van der Waals surface area (Å²) < 4.78 is 0. The van der Waals surface area contributed by atoms with Crippen molar-refractivity contribution in [3.05, 3.63) is 39.9 Å². The van der Waals surface area contributed by atoms with Gasteiger partial charge in [0.2, 0.25) is 5.91 Å². The molecule has 0 atom stereocenters. The Morgan fingerprint density at radius 2 is 1.96 bits per heavy atom. The zero-order valence-electron chi connectivity index (χ0n) is 13.9. The normalized spacial score (nSPS) is 18.6. The maximum atomic E-state index is 12.3. The lowest BCUT2D eigenvalue weighted by molar-refractivity contribution is -0.896. The maximum absolute atomic E-state index is 12.3. The number of piperazine rings is 1. The smallest absolute Gasteiger partial charge is 0.275 e. The number of hydrogen-bond acceptors (Lipinski definition) is 2. The molecule has 3 rings (SSSR count). The van der Waals surface area contributed by atoms with Crippen molar-refractivity contribution in [2.24, 2.45) is 0 Å². The van der Waals surface area contributed by atoms with Crippen LogP contribution < -0.4 is 10.2 Å². The molecule has 0 radical (unpaired) electrons. The standard InChI is InChI=1S/C18H21Cl2N3O2/c19-14-3-1-13(16(20)11-14)2-6-18(25)23-9-7-22(8-10-23)12-17(24)21-15-4-5-15/h1-3,6,11,15H,4-5,7-10,12H2,(H,21,24)/p+1/b6-2+. The van der Waals surface area contributed by atoms with Gasteiger partial charge in [-0.3, -0.25) is 9.59 Å². The molecule has 2 fully saturated rings. The van der Waals surface area contributed by atoms with E-state index < -0.39 is 0 Å². The Morgan fingerprint density at radius 3 is 2.60 bits per heavy atom. The minimum Gasteiger partial charge on any atom is -0.348 e. The molecule has 134 valence electrons. The molecule has 0 spiro atoms. The van der Waals surface area contributed by atoms with Crippen LogP contribution in [0.1, 0.15) is 18.4 Å². The molecule has 1 saturated carbocycles. The third kappa shape index (κ3) is 5.46. The maximum Gasteiger partial charge on any atom is 0.275 e. The second-order valence-corrected chi connectivity index (χ2v) is 7.44. The fourth-order valence-electron chi connectivity index (χ4n) is 2.86. The highest BCUT2D eigenvalue weighted by molar-refractivity contribution is 6.35. The van der Waals surface area contributed by atoms with E-state index in [9.17, 15) is 9.59 Å². The lowest BCUT2D eigenvalue weighted by Crippen LogP contribution is -3.15. The number of hydrogen-bond donors (Lipinski definition) is 2. The Hall–Kier alpha value is -1.56. The zero-order chi connectivity index (χ0) is 17.8. The number of nitrogens with one attached hydrogen (secondary N) is 2. The number of nitrogens with zero attached hydrogens (tertiary/aromatic N) is 1. The highest BCUT2D eigenvalue weighted by Gasteiger charge is 2.27. The number of rotatable bonds is 5. The van der Waals surface area contributed by atoms with Crippen LogP contribution in [0.3, 0.4) is 0 Å². The number of carbonyl (C=O) groups excluding carboxylic acids is 2. The number of amides is 2. The lowest BCUT2D eigenvalue weighted by atomic mass is 10.2. The van der Waals surface area contributed by atoms with Gasteiger partial charge in [0.05, 0.1) is 26.2 Å². The molecule has 1 aliphatic heterocycles. The first-order chi connectivity index (χ1) is 12.0. The fourth-order valence-corrected chi connectivity index (χ4v) is 3.33. The predicted molar refractivity (Wildman–Crippen MR) is 98.8 cm³/mol. The number of carbonyl (C=O) groups is 2. The van der Waals surface area contributed by atoms with E-state index in [-0.39, 0.29) is 11.8 Å². The Kier molecular flexibility index (Phi) is 5.99. The van der Waals surface area contributed by atoms with Gasteiger partial charge in [-0.15, -0.1) is 0 Å². The Balaban J connectivity index is 1.46. The van der Waals surface area contributed by atoms with Gasteiger partial charge in [0.15, 0.2) is 6.54 Å². The molecule has 1 heterocycles. The first-order valence-corrected chi connectivity index (χ1v) is 9.32. The molecule has 5 nitrogen and oxygen atoms in total. The lowest BCUT2D eigenvalue weighted by Gasteiger charge is -2.31. The Bertz CT molecular complexity index is 681. The van der Waals surface area contributed by atoms with E-state index >= 15 is 0 Å². The van der Waals surface area contributed by atoms with E-state index in [2.05, 4.69) is 5.32 Å². The van der Waals surface area contributed by atoms with Gasteiger partial charge in [-0.1, -0.05) is 29.3 Å². The van der Waals surface area contributed by atoms with Crippen LogP contribution in [0.4, 0.5) is 0 Å². The molecule has 1 aliphatic carbocycles. The van der Waals surface area contributed by atoms with Gasteiger partial charge >= 0.3 is 0 Å². The first kappa shape index (κ1) is 18.2. The second-order valence-electron chi connectivity index (χ2n) is 6.59. The van der Waals surface area contributed by atoms with Crippen LogP contribution in [-0.4, -0.2) is 55.5 Å². The van der Waals surface area contributed by atoms with E-state index in [1.807, 2.05) is 4.90 Å². The number of halogens is 2. The van der Waals surface area contributed by atoms with Crippen LogP contribution in [0.25, 0.3) is 6.08 Å². The molecular formula is C18H22Cl2N3O2+. The molecule has 7 heteroatoms. The molecule has 2 N–H and O–H groups in total. The topological polar surface area (TPSA) is 53.9 Å². The average molecular weight is 383 g/mol. The Morgan fingerprint density at radius 1 is 1.24 bits per heavy atom. The van der Waals surface area contributed by atoms with Gasteiger partial charge < -0.3 is 15.1 Å². The third-order valence-electron chi connectivity index (χ3n) is 4.50. The zero-order valence-corrected chi connectivity index (χ0v) is 15.4. The molecule has 2 amide bonds. The van der Waals surface area contributed by atoms with Crippen molar-refractivity contribution < 1.29 is 14.5 Å². The summed E-state index contributed by atoms with van der Waals surface area (Å²) in [5.41, 5.74) is 0.764. The summed E-state index contributed by atoms with van der Waals surface area (Å²) in [4.78, 5) is 27.2. The fraction of sp³-hybridized carbons (Fsp3) is 0.444. The van der Waals surface area contributed by atoms with Gasteiger partial charge in [-0.2, -0.15) is 0 Å². The molecular weight excluding hydrogens is 361 g/mol. The van der Waals surface area contributed by atoms with Crippen LogP contribution in [0.15, 0.2) is 24.3 Å². The van der Waals surface area contributed by atoms with Crippen LogP contribution >= 0.6 is 23.2 Å². The van der Waals surface area contributed by atoms with Crippen LogP contribution in [0, 0.1) is 0 Å². The van der Waals surface area contributed by atoms with Gasteiger partial charge in [0, 0.05) is 22.2 Å². The minimum absolute atomic E-state index is 0.0347. The summed E-state index contributed by atoms with van der Waals surface area (Å²) in [6.45, 7) is 3.39. The van der Waals surface area contributed by atoms with E-state index in [0.29, 0.717) is 35.7 Å². The van der Waals surface area contributed by atoms with Crippen LogP contribution in [0.5, 0.6) is 0 Å². The molecule has 2 aliphatic rings. The SMILES string of the molecule is O=C(C[NH+]1CCN(C(=O)/C=C/c2ccc(Cl)cc2Cl)CC1)NC1CC1. The van der Waals surface area contributed by atoms with E-state index in [4.69, 9.17) is 23.2 Å². The van der Waals surface area contributed by atoms with E-state index in [1.165, 1.54) is 4.90 Å². The molecule has 0 aromatic heterocycles. The summed E-state index contributed by atoms with van der Waals surface area (Å²) in [5.74, 6) is 0.0852. The first-order valence-electron chi connectivity index (χ1n) is 8.56. The van der Waals surface area contributed by atoms with Crippen molar-refractivity contribution in [2.75, 3.05) is 32.7 Å². The highest BCUT2D eigenvalue weighted by atomic mass is 35.5. The summed E-state index contributed by atoms with van der Waals surface area (Å²) in [6, 6.07) is 5.59. The third-order valence-corrected chi connectivity index (χ3v) is 5.07. The predicted octanol–water partition coefficient (Wildman–Crippen LogP) is 1.01. The van der Waals surface area contributed by atoms with Crippen molar-refractivity contribution in [1.29, 1.82) is 0 Å². The molecule has 1 aromatic carbocycles. The molecule has 1 aromatic rings. The van der Waals surface area contributed by atoms with Gasteiger partial charge in [-0.25, -0.2) is 0 Å². The minimum atomic E-state index is -0.0347. The highest BCUT2D eigenvalue weighted by Crippen LogP contribution is 2.22. The molecule has 0 bridgehead atoms. The quantitative estimate of drug-likeness (QED) is 0.746. The molecule has 25 heavy (non-hydrogen) atoms. The summed E-state index contributed by atoms with van der Waals surface area (Å²) in [5, 5.41) is 4.10. The molecule has 1 saturated heterocycles. The summed E-state index contributed by atoms with van der Waals surface area (Å²) in [6.07, 6.45) is 5.46. The Labute approximate surface area is 157 Å². The number of quaternary nitrogens is 1. The van der Waals surface area contributed by atoms with Crippen molar-refractivity contribution in [3.8, 4) is 0 Å². The molecule has 0 unspecified atom stereocenters.